The maximum Gasteiger partial charge on any atom is 0.419 e. The molecule has 184 valence electrons. The van der Waals surface area contributed by atoms with Crippen LogP contribution < -0.4 is 5.76 Å². The second kappa shape index (κ2) is 10.9. The first-order chi connectivity index (χ1) is 16.2. The first kappa shape index (κ1) is 24.9. The third kappa shape index (κ3) is 5.80. The fourth-order valence-corrected chi connectivity index (χ4v) is 3.98. The molecule has 34 heavy (non-hydrogen) atoms. The number of hydrogen-bond acceptors (Lipinski definition) is 8. The molecule has 0 aliphatic carbocycles. The van der Waals surface area contributed by atoms with Gasteiger partial charge in [-0.25, -0.2) is 4.79 Å². The summed E-state index contributed by atoms with van der Waals surface area (Å²) in [4.78, 5) is 62.3. The van der Waals surface area contributed by atoms with Crippen LogP contribution in [0.4, 0.5) is 5.69 Å². The van der Waals surface area contributed by atoms with Crippen molar-refractivity contribution >= 4 is 34.6 Å². The van der Waals surface area contributed by atoms with E-state index in [1.165, 1.54) is 27.7 Å². The number of aryl methyl sites for hydroxylation is 1. The van der Waals surface area contributed by atoms with Crippen molar-refractivity contribution in [2.45, 2.75) is 39.2 Å². The number of fused-ring (bicyclic) bond motifs is 1. The first-order valence-electron chi connectivity index (χ1n) is 11.2. The molecule has 2 amide bonds. The monoisotopic (exact) mass is 476 g/mol. The fraction of sp³-hybridized carbons (Fsp3) is 0.545. The number of non-ortho nitro benzene ring substituents is 1. The molecule has 0 atom stereocenters. The number of piperidine rings is 1. The van der Waals surface area contributed by atoms with E-state index in [0.717, 1.165) is 0 Å². The number of hydrogen-bond donors (Lipinski definition) is 0. The summed E-state index contributed by atoms with van der Waals surface area (Å²) in [5.74, 6) is -1.51. The van der Waals surface area contributed by atoms with E-state index in [1.807, 2.05) is 0 Å². The van der Waals surface area contributed by atoms with Crippen molar-refractivity contribution in [3.05, 3.63) is 38.9 Å². The van der Waals surface area contributed by atoms with E-state index in [1.54, 1.807) is 18.9 Å². The number of nitro groups is 1. The van der Waals surface area contributed by atoms with Gasteiger partial charge in [-0.3, -0.25) is 29.1 Å². The van der Waals surface area contributed by atoms with Gasteiger partial charge in [-0.15, -0.1) is 0 Å². The lowest BCUT2D eigenvalue weighted by Gasteiger charge is -2.32. The lowest BCUT2D eigenvalue weighted by Crippen LogP contribution is -2.45. The number of esters is 1. The fourth-order valence-electron chi connectivity index (χ4n) is 3.98. The number of oxazole rings is 1. The summed E-state index contributed by atoms with van der Waals surface area (Å²) in [6.07, 6.45) is 1.52. The van der Waals surface area contributed by atoms with Crippen LogP contribution in [0.15, 0.2) is 27.4 Å². The molecule has 3 rings (SSSR count). The van der Waals surface area contributed by atoms with Gasteiger partial charge in [0.25, 0.3) is 5.69 Å². The summed E-state index contributed by atoms with van der Waals surface area (Å²) in [5, 5.41) is 10.9. The van der Waals surface area contributed by atoms with Crippen molar-refractivity contribution in [1.29, 1.82) is 0 Å². The Morgan fingerprint density at radius 1 is 1.26 bits per heavy atom. The SMILES string of the molecule is CCOC(=O)C1CCN(C(=O)CN(C)C(=O)CCCn2c(=O)oc3cc([N+](=O)[O-])ccc32)CC1. The number of benzene rings is 1. The quantitative estimate of drug-likeness (QED) is 0.301. The van der Waals surface area contributed by atoms with Crippen LogP contribution >= 0.6 is 0 Å². The van der Waals surface area contributed by atoms with Crippen molar-refractivity contribution in [2.24, 2.45) is 5.92 Å². The van der Waals surface area contributed by atoms with Crippen molar-refractivity contribution in [3.8, 4) is 0 Å². The van der Waals surface area contributed by atoms with Crippen LogP contribution in [0.5, 0.6) is 0 Å². The van der Waals surface area contributed by atoms with Gasteiger partial charge in [0.1, 0.15) is 0 Å². The van der Waals surface area contributed by atoms with Crippen LogP contribution in [0.2, 0.25) is 0 Å². The molecule has 0 saturated carbocycles. The van der Waals surface area contributed by atoms with Crippen molar-refractivity contribution in [2.75, 3.05) is 33.3 Å². The summed E-state index contributed by atoms with van der Waals surface area (Å²) in [5.41, 5.74) is 0.345. The van der Waals surface area contributed by atoms with E-state index in [4.69, 9.17) is 9.15 Å². The van der Waals surface area contributed by atoms with Crippen LogP contribution in [0.1, 0.15) is 32.6 Å². The summed E-state index contributed by atoms with van der Waals surface area (Å²) < 4.78 is 11.4. The highest BCUT2D eigenvalue weighted by molar-refractivity contribution is 5.85. The zero-order valence-electron chi connectivity index (χ0n) is 19.2. The molecule has 0 spiro atoms. The lowest BCUT2D eigenvalue weighted by molar-refractivity contribution is -0.384. The summed E-state index contributed by atoms with van der Waals surface area (Å²) in [6.45, 7) is 3.10. The smallest absolute Gasteiger partial charge is 0.419 e. The second-order valence-electron chi connectivity index (χ2n) is 8.19. The van der Waals surface area contributed by atoms with Crippen molar-refractivity contribution in [3.63, 3.8) is 0 Å². The largest absolute Gasteiger partial charge is 0.466 e. The third-order valence-electron chi connectivity index (χ3n) is 5.90. The molecule has 2 aromatic rings. The van der Waals surface area contributed by atoms with Crippen LogP contribution in [0.3, 0.4) is 0 Å². The number of likely N-dealkylation sites (N-methyl/N-ethyl adjacent to an activating group) is 1. The Bertz CT molecular complexity index is 1130. The number of nitrogens with zero attached hydrogens (tertiary/aromatic N) is 4. The van der Waals surface area contributed by atoms with Gasteiger partial charge < -0.3 is 19.0 Å². The molecule has 1 aromatic heterocycles. The Labute approximate surface area is 195 Å². The molecule has 0 bridgehead atoms. The van der Waals surface area contributed by atoms with Gasteiger partial charge in [-0.05, 0) is 32.3 Å². The highest BCUT2D eigenvalue weighted by atomic mass is 16.6. The third-order valence-corrected chi connectivity index (χ3v) is 5.90. The Morgan fingerprint density at radius 2 is 1.97 bits per heavy atom. The highest BCUT2D eigenvalue weighted by Gasteiger charge is 2.29. The van der Waals surface area contributed by atoms with Gasteiger partial charge >= 0.3 is 11.7 Å². The lowest BCUT2D eigenvalue weighted by atomic mass is 9.97. The van der Waals surface area contributed by atoms with Gasteiger partial charge in [0, 0.05) is 39.2 Å². The topological polar surface area (TPSA) is 145 Å². The number of aromatic nitrogens is 1. The van der Waals surface area contributed by atoms with Gasteiger partial charge in [-0.2, -0.15) is 0 Å². The Balaban J connectivity index is 1.47. The highest BCUT2D eigenvalue weighted by Crippen LogP contribution is 2.21. The number of carbonyl (C=O) groups is 3. The summed E-state index contributed by atoms with van der Waals surface area (Å²) >= 11 is 0. The maximum atomic E-state index is 12.6. The second-order valence-corrected chi connectivity index (χ2v) is 8.19. The Hall–Kier alpha value is -3.70. The van der Waals surface area contributed by atoms with Crippen molar-refractivity contribution < 1.29 is 28.5 Å². The minimum absolute atomic E-state index is 0.0683. The molecular weight excluding hydrogens is 448 g/mol. The first-order valence-corrected chi connectivity index (χ1v) is 11.2. The van der Waals surface area contributed by atoms with Gasteiger partial charge in [0.05, 0.1) is 35.6 Å². The van der Waals surface area contributed by atoms with Crippen LogP contribution in [-0.4, -0.2) is 70.4 Å². The van der Waals surface area contributed by atoms with E-state index in [9.17, 15) is 29.3 Å². The standard InChI is InChI=1S/C22H28N4O8/c1-3-33-21(29)15-8-11-24(12-9-15)20(28)14-23(2)19(27)5-4-10-25-17-7-6-16(26(31)32)13-18(17)34-22(25)30/h6-7,13,15H,3-5,8-12,14H2,1-2H3. The summed E-state index contributed by atoms with van der Waals surface area (Å²) in [7, 11) is 1.55. The van der Waals surface area contributed by atoms with Crippen LogP contribution in [-0.2, 0) is 25.7 Å². The minimum atomic E-state index is -0.655. The molecule has 2 heterocycles. The Morgan fingerprint density at radius 3 is 2.62 bits per heavy atom. The number of nitro benzene ring substituents is 1. The molecule has 0 radical (unpaired) electrons. The Kier molecular flexibility index (Phi) is 8.03. The predicted octanol–water partition coefficient (Wildman–Crippen LogP) is 1.54. The van der Waals surface area contributed by atoms with E-state index in [2.05, 4.69) is 0 Å². The summed E-state index contributed by atoms with van der Waals surface area (Å²) in [6, 6.07) is 3.91. The molecule has 1 saturated heterocycles. The number of amides is 2. The van der Waals surface area contributed by atoms with E-state index in [-0.39, 0.29) is 54.5 Å². The van der Waals surface area contributed by atoms with Gasteiger partial charge in [0.2, 0.25) is 11.8 Å². The average Bonchev–Trinajstić information content (AvgIpc) is 3.13. The van der Waals surface area contributed by atoms with Crippen LogP contribution in [0.25, 0.3) is 11.1 Å². The van der Waals surface area contributed by atoms with E-state index in [0.29, 0.717) is 44.5 Å². The van der Waals surface area contributed by atoms with Crippen molar-refractivity contribution in [1.82, 2.24) is 14.4 Å². The molecule has 1 aliphatic rings. The molecule has 12 heteroatoms. The molecule has 1 aliphatic heterocycles. The van der Waals surface area contributed by atoms with Gasteiger partial charge in [-0.1, -0.05) is 0 Å². The van der Waals surface area contributed by atoms with E-state index >= 15 is 0 Å². The predicted molar refractivity (Wildman–Crippen MR) is 120 cm³/mol. The minimum Gasteiger partial charge on any atom is -0.466 e. The zero-order chi connectivity index (χ0) is 24.8. The number of carbonyl (C=O) groups excluding carboxylic acids is 3. The molecular formula is C22H28N4O8. The van der Waals surface area contributed by atoms with Gasteiger partial charge in [0.15, 0.2) is 5.58 Å². The van der Waals surface area contributed by atoms with E-state index < -0.39 is 10.7 Å². The molecule has 1 aromatic carbocycles. The molecule has 12 nitrogen and oxygen atoms in total. The number of ether oxygens (including phenoxy) is 1. The maximum absolute atomic E-state index is 12.6. The normalized spacial score (nSPS) is 14.2. The molecule has 1 fully saturated rings. The number of likely N-dealkylation sites (tertiary alicyclic amines) is 1. The average molecular weight is 476 g/mol. The zero-order valence-corrected chi connectivity index (χ0v) is 19.2. The molecule has 0 N–H and O–H groups in total. The van der Waals surface area contributed by atoms with Crippen LogP contribution in [0, 0.1) is 16.0 Å². The molecule has 0 unspecified atom stereocenters. The number of rotatable bonds is 9.